The van der Waals surface area contributed by atoms with Gasteiger partial charge in [0, 0.05) is 12.1 Å². The molecule has 0 amide bonds. The Balaban J connectivity index is 2.29. The highest BCUT2D eigenvalue weighted by atomic mass is 32.2. The van der Waals surface area contributed by atoms with Crippen molar-refractivity contribution in [3.8, 4) is 0 Å². The maximum atomic E-state index is 12.6. The van der Waals surface area contributed by atoms with E-state index >= 15 is 0 Å². The van der Waals surface area contributed by atoms with Crippen LogP contribution in [-0.4, -0.2) is 31.4 Å². The molecule has 1 aromatic rings. The van der Waals surface area contributed by atoms with Crippen LogP contribution < -0.4 is 5.73 Å². The fraction of sp³-hybridized carbons (Fsp3) is 0.571. The van der Waals surface area contributed by atoms with Crippen LogP contribution in [0.1, 0.15) is 32.3 Å². The summed E-state index contributed by atoms with van der Waals surface area (Å²) in [4.78, 5) is 0.378. The zero-order chi connectivity index (χ0) is 14.1. The van der Waals surface area contributed by atoms with Crippen molar-refractivity contribution in [2.75, 3.05) is 13.1 Å². The first-order valence-corrected chi connectivity index (χ1v) is 8.14. The predicted molar refractivity (Wildman–Crippen MR) is 76.4 cm³/mol. The Kier molecular flexibility index (Phi) is 3.99. The van der Waals surface area contributed by atoms with Gasteiger partial charge in [0.15, 0.2) is 0 Å². The average molecular weight is 282 g/mol. The molecule has 0 radical (unpaired) electrons. The zero-order valence-electron chi connectivity index (χ0n) is 11.6. The summed E-state index contributed by atoms with van der Waals surface area (Å²) in [5.41, 5.74) is 6.28. The summed E-state index contributed by atoms with van der Waals surface area (Å²) >= 11 is 0. The van der Waals surface area contributed by atoms with Crippen molar-refractivity contribution in [1.82, 2.24) is 4.31 Å². The van der Waals surface area contributed by atoms with Gasteiger partial charge in [0.25, 0.3) is 0 Å². The van der Waals surface area contributed by atoms with Gasteiger partial charge >= 0.3 is 0 Å². The second-order valence-electron chi connectivity index (χ2n) is 5.68. The molecule has 106 valence electrons. The van der Waals surface area contributed by atoms with Gasteiger partial charge in [-0.1, -0.05) is 12.1 Å². The van der Waals surface area contributed by atoms with Crippen LogP contribution in [0.2, 0.25) is 0 Å². The molecule has 0 saturated carbocycles. The van der Waals surface area contributed by atoms with E-state index in [-0.39, 0.29) is 5.54 Å². The molecule has 1 aliphatic heterocycles. The molecule has 19 heavy (non-hydrogen) atoms. The normalized spacial score (nSPS) is 19.7. The number of nitrogens with zero attached hydrogens (tertiary/aromatic N) is 1. The smallest absolute Gasteiger partial charge is 0.243 e. The van der Waals surface area contributed by atoms with Crippen LogP contribution in [0.5, 0.6) is 0 Å². The summed E-state index contributed by atoms with van der Waals surface area (Å²) < 4.78 is 26.9. The van der Waals surface area contributed by atoms with E-state index in [9.17, 15) is 8.42 Å². The highest BCUT2D eigenvalue weighted by Crippen LogP contribution is 2.33. The van der Waals surface area contributed by atoms with Crippen molar-refractivity contribution in [2.45, 2.75) is 43.5 Å². The molecule has 5 heteroatoms. The van der Waals surface area contributed by atoms with Crippen LogP contribution in [0, 0.1) is 0 Å². The van der Waals surface area contributed by atoms with Gasteiger partial charge < -0.3 is 5.73 Å². The largest absolute Gasteiger partial charge is 0.330 e. The summed E-state index contributed by atoms with van der Waals surface area (Å²) in [6.45, 7) is 5.16. The summed E-state index contributed by atoms with van der Waals surface area (Å²) in [6.07, 6.45) is 2.62. The first-order valence-electron chi connectivity index (χ1n) is 6.70. The number of nitrogens with two attached hydrogens (primary N) is 1. The van der Waals surface area contributed by atoms with Crippen LogP contribution in [0.4, 0.5) is 0 Å². The maximum Gasteiger partial charge on any atom is 0.243 e. The molecular weight excluding hydrogens is 260 g/mol. The maximum absolute atomic E-state index is 12.6. The monoisotopic (exact) mass is 282 g/mol. The fourth-order valence-electron chi connectivity index (χ4n) is 2.65. The standard InChI is InChI=1S/C14H22N2O2S/c1-14(2)9-3-11-16(14)19(17,18)13-6-4-12(5-7-13)8-10-15/h4-7H,3,8-11,15H2,1-2H3. The minimum absolute atomic E-state index is 0.283. The summed E-state index contributed by atoms with van der Waals surface area (Å²) in [6, 6.07) is 7.08. The molecule has 0 bridgehead atoms. The molecule has 0 spiro atoms. The lowest BCUT2D eigenvalue weighted by Gasteiger charge is -2.30. The first-order chi connectivity index (χ1) is 8.88. The highest BCUT2D eigenvalue weighted by Gasteiger charge is 2.40. The Morgan fingerprint density at radius 1 is 1.26 bits per heavy atom. The number of hydrogen-bond acceptors (Lipinski definition) is 3. The summed E-state index contributed by atoms with van der Waals surface area (Å²) in [5.74, 6) is 0. The third-order valence-corrected chi connectivity index (χ3v) is 5.89. The molecule has 1 fully saturated rings. The number of hydrogen-bond donors (Lipinski definition) is 1. The average Bonchev–Trinajstić information content (AvgIpc) is 2.71. The Morgan fingerprint density at radius 2 is 1.89 bits per heavy atom. The Morgan fingerprint density at radius 3 is 2.37 bits per heavy atom. The van der Waals surface area contributed by atoms with E-state index < -0.39 is 10.0 Å². The summed E-state index contributed by atoms with van der Waals surface area (Å²) in [7, 11) is -3.38. The van der Waals surface area contributed by atoms with Gasteiger partial charge in [-0.2, -0.15) is 4.31 Å². The minimum Gasteiger partial charge on any atom is -0.330 e. The Labute approximate surface area is 115 Å². The Bertz CT molecular complexity index is 535. The molecule has 1 saturated heterocycles. The number of benzene rings is 1. The SMILES string of the molecule is CC1(C)CCCN1S(=O)(=O)c1ccc(CCN)cc1. The second kappa shape index (κ2) is 5.23. The van der Waals surface area contributed by atoms with Gasteiger partial charge in [0.2, 0.25) is 10.0 Å². The zero-order valence-corrected chi connectivity index (χ0v) is 12.4. The van der Waals surface area contributed by atoms with E-state index in [0.717, 1.165) is 24.8 Å². The Hall–Kier alpha value is -0.910. The van der Waals surface area contributed by atoms with Crippen molar-refractivity contribution < 1.29 is 8.42 Å². The lowest BCUT2D eigenvalue weighted by atomic mass is 10.0. The van der Waals surface area contributed by atoms with Gasteiger partial charge in [0.05, 0.1) is 4.90 Å². The molecule has 0 aliphatic carbocycles. The minimum atomic E-state index is -3.38. The molecule has 0 unspecified atom stereocenters. The quantitative estimate of drug-likeness (QED) is 0.915. The van der Waals surface area contributed by atoms with Crippen molar-refractivity contribution in [3.63, 3.8) is 0 Å². The molecule has 4 nitrogen and oxygen atoms in total. The van der Waals surface area contributed by atoms with E-state index in [1.54, 1.807) is 16.4 Å². The van der Waals surface area contributed by atoms with E-state index in [1.807, 2.05) is 26.0 Å². The van der Waals surface area contributed by atoms with Crippen molar-refractivity contribution in [1.29, 1.82) is 0 Å². The molecule has 0 aromatic heterocycles. The third-order valence-electron chi connectivity index (χ3n) is 3.77. The van der Waals surface area contributed by atoms with Crippen LogP contribution in [0.25, 0.3) is 0 Å². The molecule has 1 heterocycles. The molecular formula is C14H22N2O2S. The number of rotatable bonds is 4. The van der Waals surface area contributed by atoms with E-state index in [1.165, 1.54) is 0 Å². The fourth-order valence-corrected chi connectivity index (χ4v) is 4.50. The second-order valence-corrected chi connectivity index (χ2v) is 7.54. The van der Waals surface area contributed by atoms with Crippen molar-refractivity contribution in [2.24, 2.45) is 5.73 Å². The van der Waals surface area contributed by atoms with Crippen LogP contribution in [0.3, 0.4) is 0 Å². The third kappa shape index (κ3) is 2.83. The molecule has 1 aromatic carbocycles. The summed E-state index contributed by atoms with van der Waals surface area (Å²) in [5, 5.41) is 0. The van der Waals surface area contributed by atoms with E-state index in [0.29, 0.717) is 18.0 Å². The van der Waals surface area contributed by atoms with E-state index in [2.05, 4.69) is 0 Å². The van der Waals surface area contributed by atoms with Crippen molar-refractivity contribution >= 4 is 10.0 Å². The lowest BCUT2D eigenvalue weighted by molar-refractivity contribution is 0.291. The topological polar surface area (TPSA) is 63.4 Å². The molecule has 0 atom stereocenters. The molecule has 2 rings (SSSR count). The van der Waals surface area contributed by atoms with Crippen LogP contribution in [-0.2, 0) is 16.4 Å². The van der Waals surface area contributed by atoms with Gasteiger partial charge in [-0.05, 0) is 57.4 Å². The number of sulfonamides is 1. The van der Waals surface area contributed by atoms with Crippen molar-refractivity contribution in [3.05, 3.63) is 29.8 Å². The van der Waals surface area contributed by atoms with Gasteiger partial charge in [-0.3, -0.25) is 0 Å². The molecule has 2 N–H and O–H groups in total. The lowest BCUT2D eigenvalue weighted by Crippen LogP contribution is -2.42. The van der Waals surface area contributed by atoms with Crippen LogP contribution >= 0.6 is 0 Å². The van der Waals surface area contributed by atoms with Crippen LogP contribution in [0.15, 0.2) is 29.2 Å². The first kappa shape index (κ1) is 14.5. The molecule has 1 aliphatic rings. The van der Waals surface area contributed by atoms with Gasteiger partial charge in [-0.25, -0.2) is 8.42 Å². The predicted octanol–water partition coefficient (Wildman–Crippen LogP) is 1.75. The van der Waals surface area contributed by atoms with Gasteiger partial charge in [-0.15, -0.1) is 0 Å². The van der Waals surface area contributed by atoms with E-state index in [4.69, 9.17) is 5.73 Å². The highest BCUT2D eigenvalue weighted by molar-refractivity contribution is 7.89. The van der Waals surface area contributed by atoms with Gasteiger partial charge in [0.1, 0.15) is 0 Å².